The van der Waals surface area contributed by atoms with Crippen LogP contribution < -0.4 is 10.6 Å². The van der Waals surface area contributed by atoms with Gasteiger partial charge in [0.05, 0.1) is 18.4 Å². The van der Waals surface area contributed by atoms with Gasteiger partial charge in [-0.3, -0.25) is 19.2 Å². The predicted molar refractivity (Wildman–Crippen MR) is 165 cm³/mol. The fraction of sp³-hybridized carbons (Fsp3) is 0.788. The van der Waals surface area contributed by atoms with E-state index in [-0.39, 0.29) is 35.7 Å². The van der Waals surface area contributed by atoms with Crippen molar-refractivity contribution in [2.75, 3.05) is 0 Å². The molecule has 1 aromatic heterocycles. The van der Waals surface area contributed by atoms with Gasteiger partial charge in [-0.25, -0.2) is 4.98 Å². The molecule has 1 aromatic rings. The second-order valence-corrected chi connectivity index (χ2v) is 12.0. The van der Waals surface area contributed by atoms with Crippen LogP contribution in [0.2, 0.25) is 0 Å². The molecule has 0 aliphatic carbocycles. The number of rotatable bonds is 25. The van der Waals surface area contributed by atoms with Crippen molar-refractivity contribution in [2.24, 2.45) is 11.8 Å². The summed E-state index contributed by atoms with van der Waals surface area (Å²) in [6.07, 6.45) is 20.3. The number of imidazole rings is 1. The van der Waals surface area contributed by atoms with Gasteiger partial charge in [0.2, 0.25) is 11.8 Å². The second-order valence-electron chi connectivity index (χ2n) is 12.0. The number of unbranched alkanes of at least 4 members (excludes halogenated alkanes) is 12. The molecule has 0 radical (unpaired) electrons. The molecule has 8 heteroatoms. The lowest BCUT2D eigenvalue weighted by Crippen LogP contribution is -2.47. The summed E-state index contributed by atoms with van der Waals surface area (Å²) in [5.74, 6) is -1.34. The number of carbonyl (C=O) groups excluding carboxylic acids is 4. The van der Waals surface area contributed by atoms with E-state index in [0.29, 0.717) is 19.3 Å². The molecule has 8 nitrogen and oxygen atoms in total. The molecule has 0 aliphatic rings. The molecule has 0 spiro atoms. The van der Waals surface area contributed by atoms with Crippen molar-refractivity contribution < 1.29 is 19.2 Å². The highest BCUT2D eigenvalue weighted by molar-refractivity contribution is 5.94. The quantitative estimate of drug-likeness (QED) is 0.113. The number of hydrogen-bond acceptors (Lipinski definition) is 5. The monoisotopic (exact) mass is 574 g/mol. The van der Waals surface area contributed by atoms with Gasteiger partial charge in [-0.1, -0.05) is 112 Å². The Balaban J connectivity index is 2.43. The van der Waals surface area contributed by atoms with E-state index in [0.717, 1.165) is 25.0 Å². The van der Waals surface area contributed by atoms with Crippen LogP contribution in [-0.4, -0.2) is 45.4 Å². The molecule has 0 aromatic carbocycles. The first kappa shape index (κ1) is 36.5. The van der Waals surface area contributed by atoms with E-state index in [2.05, 4.69) is 27.5 Å². The van der Waals surface area contributed by atoms with Crippen LogP contribution in [-0.2, 0) is 25.6 Å². The van der Waals surface area contributed by atoms with Crippen molar-refractivity contribution >= 4 is 23.4 Å². The zero-order valence-corrected chi connectivity index (χ0v) is 26.6. The van der Waals surface area contributed by atoms with E-state index in [1.807, 2.05) is 13.8 Å². The molecule has 0 saturated heterocycles. The Morgan fingerprint density at radius 3 is 1.83 bits per heavy atom. The summed E-state index contributed by atoms with van der Waals surface area (Å²) in [5, 5.41) is 5.73. The molecule has 0 unspecified atom stereocenters. The third-order valence-corrected chi connectivity index (χ3v) is 7.82. The Morgan fingerprint density at radius 2 is 1.34 bits per heavy atom. The summed E-state index contributed by atoms with van der Waals surface area (Å²) >= 11 is 0. The topological polar surface area (TPSA) is 121 Å². The molecule has 234 valence electrons. The number of nitrogens with zero attached hydrogens (tertiary/aromatic N) is 1. The van der Waals surface area contributed by atoms with Crippen LogP contribution in [0.4, 0.5) is 0 Å². The van der Waals surface area contributed by atoms with Crippen LogP contribution in [0.1, 0.15) is 143 Å². The third kappa shape index (κ3) is 16.5. The summed E-state index contributed by atoms with van der Waals surface area (Å²) in [7, 11) is 0. The number of carbonyl (C=O) groups is 4. The van der Waals surface area contributed by atoms with Crippen LogP contribution in [0.25, 0.3) is 0 Å². The zero-order valence-electron chi connectivity index (χ0n) is 26.6. The van der Waals surface area contributed by atoms with Crippen LogP contribution in [0, 0.1) is 11.8 Å². The number of Topliss-reactive ketones (excluding diaryl/α,β-unsaturated/α-hetero) is 2. The third-order valence-electron chi connectivity index (χ3n) is 7.82. The molecule has 1 rings (SSSR count). The largest absolute Gasteiger partial charge is 0.348 e. The maximum Gasteiger partial charge on any atom is 0.223 e. The number of ketones is 2. The van der Waals surface area contributed by atoms with E-state index in [4.69, 9.17) is 0 Å². The summed E-state index contributed by atoms with van der Waals surface area (Å²) < 4.78 is 0. The lowest BCUT2D eigenvalue weighted by Gasteiger charge is -2.23. The van der Waals surface area contributed by atoms with Crippen LogP contribution in [0.15, 0.2) is 12.5 Å². The molecule has 2 amide bonds. The van der Waals surface area contributed by atoms with Gasteiger partial charge in [-0.15, -0.1) is 0 Å². The van der Waals surface area contributed by atoms with E-state index < -0.39 is 18.0 Å². The minimum atomic E-state index is -0.738. The molecule has 3 atom stereocenters. The van der Waals surface area contributed by atoms with Gasteiger partial charge >= 0.3 is 0 Å². The SMILES string of the molecule is CCCCCCCCCCCCCCCC(=O)N[C@@H](Cc1cnc[nH]1)C(=O)C[C@@H](C)C(=O)N[C@H](C(=O)CC)C(C)C. The normalized spacial score (nSPS) is 13.5. The van der Waals surface area contributed by atoms with E-state index in [9.17, 15) is 19.2 Å². The van der Waals surface area contributed by atoms with Crippen LogP contribution >= 0.6 is 0 Å². The van der Waals surface area contributed by atoms with Gasteiger partial charge in [0.1, 0.15) is 0 Å². The fourth-order valence-corrected chi connectivity index (χ4v) is 5.10. The highest BCUT2D eigenvalue weighted by Crippen LogP contribution is 2.14. The lowest BCUT2D eigenvalue weighted by molar-refractivity contribution is -0.133. The predicted octanol–water partition coefficient (Wildman–Crippen LogP) is 6.63. The number of aromatic nitrogens is 2. The maximum absolute atomic E-state index is 13.2. The van der Waals surface area contributed by atoms with Crippen molar-refractivity contribution in [1.29, 1.82) is 0 Å². The van der Waals surface area contributed by atoms with Crippen LogP contribution in [0.5, 0.6) is 0 Å². The minimum Gasteiger partial charge on any atom is -0.348 e. The summed E-state index contributed by atoms with van der Waals surface area (Å²) in [6, 6.07) is -1.30. The molecule has 41 heavy (non-hydrogen) atoms. The van der Waals surface area contributed by atoms with Gasteiger partial charge in [-0.05, 0) is 12.3 Å². The van der Waals surface area contributed by atoms with E-state index >= 15 is 0 Å². The fourth-order valence-electron chi connectivity index (χ4n) is 5.10. The first-order valence-corrected chi connectivity index (χ1v) is 16.3. The highest BCUT2D eigenvalue weighted by atomic mass is 16.2. The van der Waals surface area contributed by atoms with Crippen molar-refractivity contribution in [3.63, 3.8) is 0 Å². The summed E-state index contributed by atoms with van der Waals surface area (Å²) in [5.41, 5.74) is 0.745. The molecule has 0 fully saturated rings. The molecule has 3 N–H and O–H groups in total. The number of nitrogens with one attached hydrogen (secondary N) is 3. The first-order valence-electron chi connectivity index (χ1n) is 16.3. The van der Waals surface area contributed by atoms with Crippen molar-refractivity contribution in [2.45, 2.75) is 156 Å². The molecule has 0 bridgehead atoms. The minimum absolute atomic E-state index is 0.0191. The van der Waals surface area contributed by atoms with E-state index in [1.165, 1.54) is 64.2 Å². The van der Waals surface area contributed by atoms with Gasteiger partial charge in [-0.2, -0.15) is 0 Å². The Labute approximate surface area is 249 Å². The Hall–Kier alpha value is -2.51. The van der Waals surface area contributed by atoms with Crippen LogP contribution in [0.3, 0.4) is 0 Å². The van der Waals surface area contributed by atoms with Crippen molar-refractivity contribution in [1.82, 2.24) is 20.6 Å². The maximum atomic E-state index is 13.2. The summed E-state index contributed by atoms with van der Waals surface area (Å²) in [6.45, 7) is 9.49. The smallest absolute Gasteiger partial charge is 0.223 e. The highest BCUT2D eigenvalue weighted by Gasteiger charge is 2.29. The zero-order chi connectivity index (χ0) is 30.5. The van der Waals surface area contributed by atoms with Gasteiger partial charge in [0, 0.05) is 43.5 Å². The standard InChI is InChI=1S/C33H58N4O4/c1-6-8-9-10-11-12-13-14-15-16-17-18-19-20-31(40)36-28(22-27-23-34-24-35-27)30(39)21-26(5)33(41)37-32(25(3)4)29(38)7-2/h23-26,28,32H,6-22H2,1-5H3,(H,34,35)(H,36,40)(H,37,41)/t26-,28+,32+/m1/s1. The molecule has 0 saturated carbocycles. The summed E-state index contributed by atoms with van der Waals surface area (Å²) in [4.78, 5) is 58.0. The van der Waals surface area contributed by atoms with E-state index in [1.54, 1.807) is 26.4 Å². The number of amides is 2. The molecular weight excluding hydrogens is 516 g/mol. The number of H-pyrrole nitrogens is 1. The molecule has 1 heterocycles. The Bertz CT molecular complexity index is 869. The van der Waals surface area contributed by atoms with Gasteiger partial charge in [0.15, 0.2) is 11.6 Å². The Morgan fingerprint density at radius 1 is 0.780 bits per heavy atom. The van der Waals surface area contributed by atoms with Crippen molar-refractivity contribution in [3.8, 4) is 0 Å². The van der Waals surface area contributed by atoms with Crippen molar-refractivity contribution in [3.05, 3.63) is 18.2 Å². The lowest BCUT2D eigenvalue weighted by atomic mass is 9.94. The molecule has 0 aliphatic heterocycles. The number of hydrogen-bond donors (Lipinski definition) is 3. The number of aromatic amines is 1. The average molecular weight is 575 g/mol. The second kappa shape index (κ2) is 22.1. The first-order chi connectivity index (χ1) is 19.7. The van der Waals surface area contributed by atoms with Gasteiger partial charge in [0.25, 0.3) is 0 Å². The Kier molecular flexibility index (Phi) is 19.7. The van der Waals surface area contributed by atoms with Gasteiger partial charge < -0.3 is 15.6 Å². The average Bonchev–Trinajstić information content (AvgIpc) is 3.46. The molecular formula is C33H58N4O4.